The number of hydrogen-bond acceptors (Lipinski definition) is 5. The van der Waals surface area contributed by atoms with E-state index < -0.39 is 5.91 Å². The van der Waals surface area contributed by atoms with Crippen molar-refractivity contribution in [1.82, 2.24) is 20.0 Å². The van der Waals surface area contributed by atoms with Crippen molar-refractivity contribution in [1.29, 1.82) is 0 Å². The standard InChI is InChI=1S/C22H24N4O4/c1-14-10-18(27)11-19(30-14)22(29)25-16-7-5-15(6-8-16)21(28)24-13-17-12-23-20-4-2-3-9-26(17)20/h2-4,9-12,15-16H,5-8,13H2,1H3,(H,24,28)(H,25,29). The summed E-state index contributed by atoms with van der Waals surface area (Å²) in [5, 5.41) is 5.91. The quantitative estimate of drug-likeness (QED) is 0.673. The second-order valence-electron chi connectivity index (χ2n) is 7.69. The van der Waals surface area contributed by atoms with Crippen molar-refractivity contribution in [3.63, 3.8) is 0 Å². The molecule has 3 aromatic rings. The van der Waals surface area contributed by atoms with Crippen molar-refractivity contribution in [3.8, 4) is 0 Å². The second-order valence-corrected chi connectivity index (χ2v) is 7.69. The third-order valence-electron chi connectivity index (χ3n) is 5.48. The summed E-state index contributed by atoms with van der Waals surface area (Å²) in [6.07, 6.45) is 6.49. The fraction of sp³-hybridized carbons (Fsp3) is 0.364. The van der Waals surface area contributed by atoms with Gasteiger partial charge in [0.2, 0.25) is 5.91 Å². The van der Waals surface area contributed by atoms with Crippen LogP contribution in [-0.4, -0.2) is 27.2 Å². The summed E-state index contributed by atoms with van der Waals surface area (Å²) in [6, 6.07) is 8.27. The topological polar surface area (TPSA) is 106 Å². The molecule has 2 amide bonds. The van der Waals surface area contributed by atoms with Crippen LogP contribution in [0.5, 0.6) is 0 Å². The largest absolute Gasteiger partial charge is 0.456 e. The Labute approximate surface area is 173 Å². The van der Waals surface area contributed by atoms with Gasteiger partial charge >= 0.3 is 0 Å². The van der Waals surface area contributed by atoms with E-state index in [0.29, 0.717) is 38.0 Å². The number of nitrogens with one attached hydrogen (secondary N) is 2. The summed E-state index contributed by atoms with van der Waals surface area (Å²) >= 11 is 0. The number of fused-ring (bicyclic) bond motifs is 1. The molecule has 156 valence electrons. The number of pyridine rings is 1. The highest BCUT2D eigenvalue weighted by Gasteiger charge is 2.27. The molecule has 0 radical (unpaired) electrons. The van der Waals surface area contributed by atoms with Gasteiger partial charge in [-0.1, -0.05) is 6.07 Å². The molecule has 1 aliphatic carbocycles. The van der Waals surface area contributed by atoms with Gasteiger partial charge in [-0.2, -0.15) is 0 Å². The minimum atomic E-state index is -0.392. The van der Waals surface area contributed by atoms with Crippen molar-refractivity contribution >= 4 is 17.5 Å². The number of aryl methyl sites for hydroxylation is 1. The van der Waals surface area contributed by atoms with Crippen LogP contribution in [0.25, 0.3) is 5.65 Å². The molecular formula is C22H24N4O4. The highest BCUT2D eigenvalue weighted by atomic mass is 16.3. The van der Waals surface area contributed by atoms with Crippen LogP contribution in [0.1, 0.15) is 47.7 Å². The van der Waals surface area contributed by atoms with Crippen LogP contribution in [0.3, 0.4) is 0 Å². The molecule has 8 heteroatoms. The molecule has 0 aliphatic heterocycles. The van der Waals surface area contributed by atoms with E-state index in [4.69, 9.17) is 4.42 Å². The van der Waals surface area contributed by atoms with Crippen LogP contribution < -0.4 is 16.1 Å². The van der Waals surface area contributed by atoms with E-state index in [1.165, 1.54) is 12.1 Å². The van der Waals surface area contributed by atoms with E-state index in [2.05, 4.69) is 15.6 Å². The normalized spacial score (nSPS) is 18.8. The first-order valence-corrected chi connectivity index (χ1v) is 10.1. The Kier molecular flexibility index (Phi) is 5.65. The van der Waals surface area contributed by atoms with Crippen molar-refractivity contribution in [2.75, 3.05) is 0 Å². The lowest BCUT2D eigenvalue weighted by atomic mass is 9.85. The number of aromatic nitrogens is 2. The summed E-state index contributed by atoms with van der Waals surface area (Å²) in [5.74, 6) is -0.0206. The van der Waals surface area contributed by atoms with E-state index in [0.717, 1.165) is 11.3 Å². The van der Waals surface area contributed by atoms with Crippen LogP contribution in [0.15, 0.2) is 51.9 Å². The Morgan fingerprint density at radius 1 is 1.20 bits per heavy atom. The van der Waals surface area contributed by atoms with E-state index in [9.17, 15) is 14.4 Å². The Bertz CT molecular complexity index is 1130. The molecule has 1 fully saturated rings. The summed E-state index contributed by atoms with van der Waals surface area (Å²) in [4.78, 5) is 40.8. The third kappa shape index (κ3) is 4.42. The molecule has 4 rings (SSSR count). The molecule has 0 bridgehead atoms. The van der Waals surface area contributed by atoms with Crippen LogP contribution in [0.4, 0.5) is 0 Å². The molecule has 1 aliphatic rings. The first-order valence-electron chi connectivity index (χ1n) is 10.1. The molecule has 0 spiro atoms. The van der Waals surface area contributed by atoms with Crippen molar-refractivity contribution in [2.45, 2.75) is 45.2 Å². The minimum absolute atomic E-state index is 0.0212. The number of carbonyl (C=O) groups is 2. The van der Waals surface area contributed by atoms with Gasteiger partial charge in [-0.05, 0) is 44.7 Å². The van der Waals surface area contributed by atoms with Gasteiger partial charge in [0, 0.05) is 30.3 Å². The predicted molar refractivity (Wildman–Crippen MR) is 110 cm³/mol. The lowest BCUT2D eigenvalue weighted by molar-refractivity contribution is -0.126. The van der Waals surface area contributed by atoms with Crippen LogP contribution in [-0.2, 0) is 11.3 Å². The summed E-state index contributed by atoms with van der Waals surface area (Å²) in [5.41, 5.74) is 1.53. The molecule has 3 aromatic heterocycles. The molecule has 0 atom stereocenters. The van der Waals surface area contributed by atoms with E-state index in [1.807, 2.05) is 28.8 Å². The molecule has 0 saturated heterocycles. The summed E-state index contributed by atoms with van der Waals surface area (Å²) in [6.45, 7) is 2.06. The lowest BCUT2D eigenvalue weighted by Gasteiger charge is -2.28. The third-order valence-corrected chi connectivity index (χ3v) is 5.48. The number of imidazole rings is 1. The van der Waals surface area contributed by atoms with E-state index in [-0.39, 0.29) is 29.1 Å². The minimum Gasteiger partial charge on any atom is -0.456 e. The van der Waals surface area contributed by atoms with Gasteiger partial charge in [0.05, 0.1) is 18.4 Å². The number of hydrogen-bond donors (Lipinski definition) is 2. The maximum Gasteiger partial charge on any atom is 0.287 e. The Hall–Kier alpha value is -3.42. The zero-order valence-electron chi connectivity index (χ0n) is 16.8. The Balaban J connectivity index is 1.27. The molecule has 8 nitrogen and oxygen atoms in total. The maximum absolute atomic E-state index is 12.6. The molecule has 0 aromatic carbocycles. The fourth-order valence-electron chi connectivity index (χ4n) is 3.91. The number of nitrogens with zero attached hydrogens (tertiary/aromatic N) is 2. The highest BCUT2D eigenvalue weighted by molar-refractivity contribution is 5.91. The number of amides is 2. The maximum atomic E-state index is 12.6. The first kappa shape index (κ1) is 19.9. The van der Waals surface area contributed by atoms with E-state index >= 15 is 0 Å². The van der Waals surface area contributed by atoms with Crippen LogP contribution in [0, 0.1) is 12.8 Å². The van der Waals surface area contributed by atoms with Gasteiger partial charge in [0.25, 0.3) is 5.91 Å². The monoisotopic (exact) mass is 408 g/mol. The smallest absolute Gasteiger partial charge is 0.287 e. The number of rotatable bonds is 5. The van der Waals surface area contributed by atoms with Crippen molar-refractivity contribution in [3.05, 3.63) is 70.2 Å². The van der Waals surface area contributed by atoms with Gasteiger partial charge in [-0.3, -0.25) is 14.4 Å². The van der Waals surface area contributed by atoms with Gasteiger partial charge in [0.15, 0.2) is 11.2 Å². The molecular weight excluding hydrogens is 384 g/mol. The SMILES string of the molecule is Cc1cc(=O)cc(C(=O)NC2CCC(C(=O)NCc3cnc4ccccn34)CC2)o1. The van der Waals surface area contributed by atoms with Crippen LogP contribution in [0.2, 0.25) is 0 Å². The van der Waals surface area contributed by atoms with Crippen molar-refractivity contribution < 1.29 is 14.0 Å². The predicted octanol–water partition coefficient (Wildman–Crippen LogP) is 2.20. The average Bonchev–Trinajstić information content (AvgIpc) is 3.15. The zero-order chi connectivity index (χ0) is 21.1. The molecule has 1 saturated carbocycles. The summed E-state index contributed by atoms with van der Waals surface area (Å²) < 4.78 is 7.29. The van der Waals surface area contributed by atoms with Crippen molar-refractivity contribution in [2.24, 2.45) is 5.92 Å². The van der Waals surface area contributed by atoms with Gasteiger partial charge in [-0.15, -0.1) is 0 Å². The molecule has 0 unspecified atom stereocenters. The first-order chi connectivity index (χ1) is 14.5. The molecule has 2 N–H and O–H groups in total. The summed E-state index contributed by atoms with van der Waals surface area (Å²) in [7, 11) is 0. The zero-order valence-corrected chi connectivity index (χ0v) is 16.8. The van der Waals surface area contributed by atoms with Gasteiger partial charge in [0.1, 0.15) is 11.4 Å². The molecule has 30 heavy (non-hydrogen) atoms. The molecule has 3 heterocycles. The average molecular weight is 408 g/mol. The van der Waals surface area contributed by atoms with Crippen LogP contribution >= 0.6 is 0 Å². The van der Waals surface area contributed by atoms with Gasteiger partial charge < -0.3 is 19.5 Å². The second kappa shape index (κ2) is 8.52. The highest BCUT2D eigenvalue weighted by Crippen LogP contribution is 2.25. The van der Waals surface area contributed by atoms with E-state index in [1.54, 1.807) is 13.1 Å². The lowest BCUT2D eigenvalue weighted by Crippen LogP contribution is -2.41. The fourth-order valence-corrected chi connectivity index (χ4v) is 3.91. The van der Waals surface area contributed by atoms with Gasteiger partial charge in [-0.25, -0.2) is 4.98 Å². The Morgan fingerprint density at radius 2 is 2.00 bits per heavy atom. The number of carbonyl (C=O) groups excluding carboxylic acids is 2. The Morgan fingerprint density at radius 3 is 2.77 bits per heavy atom.